The zero-order chi connectivity index (χ0) is 13.7. The maximum atomic E-state index is 11.9. The zero-order valence-electron chi connectivity index (χ0n) is 11.4. The summed E-state index contributed by atoms with van der Waals surface area (Å²) in [6.07, 6.45) is 3.71. The lowest BCUT2D eigenvalue weighted by Crippen LogP contribution is -2.54. The van der Waals surface area contributed by atoms with Gasteiger partial charge in [0.1, 0.15) is 5.54 Å². The number of benzene rings is 1. The van der Waals surface area contributed by atoms with Gasteiger partial charge in [0.15, 0.2) is 0 Å². The van der Waals surface area contributed by atoms with Crippen LogP contribution in [0, 0.1) is 5.92 Å². The minimum absolute atomic E-state index is 0.273. The quantitative estimate of drug-likeness (QED) is 0.696. The predicted octanol–water partition coefficient (Wildman–Crippen LogP) is 1.40. The Labute approximate surface area is 114 Å². The zero-order valence-corrected chi connectivity index (χ0v) is 11.4. The summed E-state index contributed by atoms with van der Waals surface area (Å²) >= 11 is 0. The molecular formula is C15H22N2O2. The molecule has 2 rings (SSSR count). The molecule has 0 spiro atoms. The van der Waals surface area contributed by atoms with Crippen LogP contribution in [0.1, 0.15) is 24.8 Å². The first kappa shape index (κ1) is 14.0. The van der Waals surface area contributed by atoms with Gasteiger partial charge >= 0.3 is 0 Å². The van der Waals surface area contributed by atoms with Gasteiger partial charge in [-0.1, -0.05) is 43.2 Å². The molecule has 0 aliphatic heterocycles. The largest absolute Gasteiger partial charge is 0.379 e. The van der Waals surface area contributed by atoms with Crippen LogP contribution in [-0.4, -0.2) is 26.2 Å². The van der Waals surface area contributed by atoms with Crippen LogP contribution in [0.15, 0.2) is 30.3 Å². The molecule has 4 nitrogen and oxygen atoms in total. The number of hydrogen-bond donors (Lipinski definition) is 2. The van der Waals surface area contributed by atoms with E-state index in [2.05, 4.69) is 5.32 Å². The van der Waals surface area contributed by atoms with Crippen molar-refractivity contribution in [1.29, 1.82) is 0 Å². The average molecular weight is 262 g/mol. The minimum atomic E-state index is -0.940. The van der Waals surface area contributed by atoms with E-state index in [1.165, 1.54) is 12.8 Å². The second-order valence-corrected chi connectivity index (χ2v) is 5.17. The van der Waals surface area contributed by atoms with Crippen molar-refractivity contribution >= 4 is 5.91 Å². The number of carbonyl (C=O) groups is 1. The normalized spacial score (nSPS) is 17.9. The van der Waals surface area contributed by atoms with Crippen LogP contribution in [-0.2, 0) is 15.1 Å². The van der Waals surface area contributed by atoms with Crippen LogP contribution in [0.2, 0.25) is 0 Å². The maximum Gasteiger partial charge on any atom is 0.244 e. The van der Waals surface area contributed by atoms with Gasteiger partial charge in [-0.2, -0.15) is 0 Å². The minimum Gasteiger partial charge on any atom is -0.379 e. The topological polar surface area (TPSA) is 64.3 Å². The van der Waals surface area contributed by atoms with Gasteiger partial charge in [0.25, 0.3) is 0 Å². The Kier molecular flexibility index (Phi) is 4.56. The third-order valence-electron chi connectivity index (χ3n) is 3.80. The molecule has 1 aliphatic rings. The second-order valence-electron chi connectivity index (χ2n) is 5.17. The third kappa shape index (κ3) is 3.33. The van der Waals surface area contributed by atoms with Crippen molar-refractivity contribution in [2.75, 3.05) is 20.3 Å². The van der Waals surface area contributed by atoms with Gasteiger partial charge in [-0.25, -0.2) is 0 Å². The van der Waals surface area contributed by atoms with E-state index >= 15 is 0 Å². The van der Waals surface area contributed by atoms with Gasteiger partial charge in [0, 0.05) is 6.61 Å². The van der Waals surface area contributed by atoms with E-state index in [1.54, 1.807) is 7.05 Å². The van der Waals surface area contributed by atoms with Crippen LogP contribution >= 0.6 is 0 Å². The molecule has 4 heteroatoms. The lowest BCUT2D eigenvalue weighted by Gasteiger charge is -2.30. The Hall–Kier alpha value is -1.39. The lowest BCUT2D eigenvalue weighted by molar-refractivity contribution is -0.127. The highest BCUT2D eigenvalue weighted by atomic mass is 16.5. The molecule has 1 saturated carbocycles. The standard InChI is InChI=1S/C15H22N2O2/c1-17-15(14(16)18,13-5-3-2-4-6-13)11-19-10-9-12-7-8-12/h2-6,12,17H,7-11H2,1H3,(H2,16,18). The van der Waals surface area contributed by atoms with Gasteiger partial charge in [-0.3, -0.25) is 4.79 Å². The fourth-order valence-electron chi connectivity index (χ4n) is 2.24. The molecule has 1 fully saturated rings. The molecule has 0 aromatic heterocycles. The monoisotopic (exact) mass is 262 g/mol. The van der Waals surface area contributed by atoms with E-state index in [1.807, 2.05) is 30.3 Å². The van der Waals surface area contributed by atoms with E-state index in [4.69, 9.17) is 10.5 Å². The average Bonchev–Trinajstić information content (AvgIpc) is 3.24. The van der Waals surface area contributed by atoms with Crippen molar-refractivity contribution in [1.82, 2.24) is 5.32 Å². The first-order valence-electron chi connectivity index (χ1n) is 6.81. The number of likely N-dealkylation sites (N-methyl/N-ethyl adjacent to an activating group) is 1. The van der Waals surface area contributed by atoms with Gasteiger partial charge in [0.05, 0.1) is 6.61 Å². The molecule has 1 atom stereocenters. The van der Waals surface area contributed by atoms with Crippen molar-refractivity contribution in [3.05, 3.63) is 35.9 Å². The van der Waals surface area contributed by atoms with E-state index in [0.717, 1.165) is 17.9 Å². The van der Waals surface area contributed by atoms with E-state index in [0.29, 0.717) is 6.61 Å². The number of nitrogens with two attached hydrogens (primary N) is 1. The Morgan fingerprint density at radius 3 is 2.63 bits per heavy atom. The summed E-state index contributed by atoms with van der Waals surface area (Å²) < 4.78 is 5.69. The number of rotatable bonds is 8. The molecule has 0 saturated heterocycles. The Balaban J connectivity index is 2.02. The molecule has 19 heavy (non-hydrogen) atoms. The highest BCUT2D eigenvalue weighted by Gasteiger charge is 2.37. The van der Waals surface area contributed by atoms with Gasteiger partial charge in [-0.15, -0.1) is 0 Å². The third-order valence-corrected chi connectivity index (χ3v) is 3.80. The van der Waals surface area contributed by atoms with Crippen LogP contribution in [0.5, 0.6) is 0 Å². The summed E-state index contributed by atoms with van der Waals surface area (Å²) in [5.74, 6) is 0.418. The van der Waals surface area contributed by atoms with Crippen molar-refractivity contribution in [2.45, 2.75) is 24.8 Å². The van der Waals surface area contributed by atoms with Crippen molar-refractivity contribution < 1.29 is 9.53 Å². The number of amides is 1. The van der Waals surface area contributed by atoms with E-state index in [9.17, 15) is 4.79 Å². The van der Waals surface area contributed by atoms with E-state index < -0.39 is 11.4 Å². The molecule has 0 bridgehead atoms. The Morgan fingerprint density at radius 1 is 1.42 bits per heavy atom. The number of carbonyl (C=O) groups excluding carboxylic acids is 1. The van der Waals surface area contributed by atoms with Crippen LogP contribution in [0.25, 0.3) is 0 Å². The number of hydrogen-bond acceptors (Lipinski definition) is 3. The molecule has 0 heterocycles. The molecule has 0 radical (unpaired) electrons. The molecule has 1 aromatic rings. The van der Waals surface area contributed by atoms with Crippen molar-refractivity contribution in [3.63, 3.8) is 0 Å². The molecule has 3 N–H and O–H groups in total. The molecule has 1 amide bonds. The number of nitrogens with one attached hydrogen (secondary N) is 1. The lowest BCUT2D eigenvalue weighted by atomic mass is 9.90. The van der Waals surface area contributed by atoms with Crippen LogP contribution < -0.4 is 11.1 Å². The van der Waals surface area contributed by atoms with Crippen molar-refractivity contribution in [3.8, 4) is 0 Å². The first-order valence-corrected chi connectivity index (χ1v) is 6.81. The Morgan fingerprint density at radius 2 is 2.11 bits per heavy atom. The van der Waals surface area contributed by atoms with Crippen LogP contribution in [0.3, 0.4) is 0 Å². The smallest absolute Gasteiger partial charge is 0.244 e. The predicted molar refractivity (Wildman–Crippen MR) is 74.5 cm³/mol. The number of ether oxygens (including phenoxy) is 1. The van der Waals surface area contributed by atoms with Gasteiger partial charge in [0.2, 0.25) is 5.91 Å². The summed E-state index contributed by atoms with van der Waals surface area (Å²) in [6, 6.07) is 9.50. The SMILES string of the molecule is CNC(COCCC1CC1)(C(N)=O)c1ccccc1. The summed E-state index contributed by atoms with van der Waals surface area (Å²) in [6.45, 7) is 0.962. The highest BCUT2D eigenvalue weighted by molar-refractivity contribution is 5.86. The Bertz CT molecular complexity index is 417. The fraction of sp³-hybridized carbons (Fsp3) is 0.533. The maximum absolute atomic E-state index is 11.9. The van der Waals surface area contributed by atoms with Crippen LogP contribution in [0.4, 0.5) is 0 Å². The van der Waals surface area contributed by atoms with Gasteiger partial charge < -0.3 is 15.8 Å². The number of primary amides is 1. The second kappa shape index (κ2) is 6.17. The van der Waals surface area contributed by atoms with Crippen molar-refractivity contribution in [2.24, 2.45) is 11.7 Å². The summed E-state index contributed by atoms with van der Waals surface area (Å²) in [5, 5.41) is 3.04. The first-order chi connectivity index (χ1) is 9.19. The summed E-state index contributed by atoms with van der Waals surface area (Å²) in [4.78, 5) is 11.9. The molecular weight excluding hydrogens is 240 g/mol. The molecule has 104 valence electrons. The van der Waals surface area contributed by atoms with Gasteiger partial charge in [-0.05, 0) is 24.9 Å². The van der Waals surface area contributed by atoms with E-state index in [-0.39, 0.29) is 6.61 Å². The fourth-order valence-corrected chi connectivity index (χ4v) is 2.24. The summed E-state index contributed by atoms with van der Waals surface area (Å²) in [5.41, 5.74) is 5.49. The highest BCUT2D eigenvalue weighted by Crippen LogP contribution is 2.32. The molecule has 1 aromatic carbocycles. The molecule has 1 unspecified atom stereocenters. The molecule has 1 aliphatic carbocycles. The summed E-state index contributed by atoms with van der Waals surface area (Å²) in [7, 11) is 1.74.